The van der Waals surface area contributed by atoms with Crippen LogP contribution in [-0.4, -0.2) is 23.0 Å². The number of carbonyl (C=O) groups is 2. The molecule has 25 heavy (non-hydrogen) atoms. The smallest absolute Gasteiger partial charge is 0.326 e. The van der Waals surface area contributed by atoms with Crippen LogP contribution in [0.15, 0.2) is 42.5 Å². The number of carboxylic acid groups (broad SMARTS) is 1. The molecule has 2 N–H and O–H groups in total. The van der Waals surface area contributed by atoms with Gasteiger partial charge in [-0.25, -0.2) is 4.79 Å². The zero-order chi connectivity index (χ0) is 18.2. The van der Waals surface area contributed by atoms with Crippen molar-refractivity contribution in [2.75, 3.05) is 0 Å². The lowest BCUT2D eigenvalue weighted by Crippen LogP contribution is -2.45. The molecule has 0 saturated carbocycles. The lowest BCUT2D eigenvalue weighted by atomic mass is 9.95. The number of rotatable bonds is 9. The van der Waals surface area contributed by atoms with Crippen LogP contribution in [0.3, 0.4) is 0 Å². The summed E-state index contributed by atoms with van der Waals surface area (Å²) in [6.45, 7) is 4.08. The number of hydrogen-bond donors (Lipinski definition) is 2. The minimum absolute atomic E-state index is 0.107. The van der Waals surface area contributed by atoms with E-state index in [1.807, 2.05) is 56.3 Å². The molecule has 4 nitrogen and oxygen atoms in total. The number of aliphatic carboxylic acids is 1. The molecule has 0 bridgehead atoms. The third-order valence-electron chi connectivity index (χ3n) is 4.56. The fourth-order valence-electron chi connectivity index (χ4n) is 3.28. The summed E-state index contributed by atoms with van der Waals surface area (Å²) in [5, 5.41) is 14.4. The largest absolute Gasteiger partial charge is 0.480 e. The predicted octanol–water partition coefficient (Wildman–Crippen LogP) is 4.17. The molecule has 1 amide bonds. The molecule has 0 unspecified atom stereocenters. The molecule has 0 fully saturated rings. The van der Waals surface area contributed by atoms with E-state index in [0.717, 1.165) is 42.0 Å². The zero-order valence-electron chi connectivity index (χ0n) is 15.0. The van der Waals surface area contributed by atoms with Crippen molar-refractivity contribution in [3.8, 4) is 0 Å². The van der Waals surface area contributed by atoms with Gasteiger partial charge in [-0.1, -0.05) is 69.2 Å². The van der Waals surface area contributed by atoms with Gasteiger partial charge >= 0.3 is 5.97 Å². The highest BCUT2D eigenvalue weighted by Gasteiger charge is 2.25. The average molecular weight is 341 g/mol. The molecule has 0 aromatic heterocycles. The van der Waals surface area contributed by atoms with Crippen LogP contribution in [0.25, 0.3) is 10.8 Å². The third kappa shape index (κ3) is 5.05. The number of nitrogens with one attached hydrogen (secondary N) is 1. The summed E-state index contributed by atoms with van der Waals surface area (Å²) in [5.41, 5.74) is 0.938. The first-order valence-corrected chi connectivity index (χ1v) is 9.06. The maximum atomic E-state index is 12.5. The van der Waals surface area contributed by atoms with Gasteiger partial charge in [-0.2, -0.15) is 0 Å². The summed E-state index contributed by atoms with van der Waals surface area (Å²) >= 11 is 0. The SMILES string of the molecule is CCCC(CCC)C(=O)N[C@@H](Cc1cccc2ccccc12)C(=O)O. The van der Waals surface area contributed by atoms with E-state index in [4.69, 9.17) is 0 Å². The molecule has 0 saturated heterocycles. The molecule has 0 aliphatic rings. The Balaban J connectivity index is 2.18. The highest BCUT2D eigenvalue weighted by atomic mass is 16.4. The van der Waals surface area contributed by atoms with Gasteiger partial charge in [-0.3, -0.25) is 4.79 Å². The monoisotopic (exact) mass is 341 g/mol. The van der Waals surface area contributed by atoms with Gasteiger partial charge in [0.25, 0.3) is 0 Å². The van der Waals surface area contributed by atoms with E-state index in [1.165, 1.54) is 0 Å². The van der Waals surface area contributed by atoms with Crippen molar-refractivity contribution in [3.05, 3.63) is 48.0 Å². The van der Waals surface area contributed by atoms with Gasteiger partial charge in [-0.05, 0) is 29.2 Å². The maximum absolute atomic E-state index is 12.5. The molecule has 134 valence electrons. The molecular formula is C21H27NO3. The molecule has 0 spiro atoms. The molecule has 2 aromatic carbocycles. The fourth-order valence-corrected chi connectivity index (χ4v) is 3.28. The van der Waals surface area contributed by atoms with Crippen LogP contribution >= 0.6 is 0 Å². The van der Waals surface area contributed by atoms with Gasteiger partial charge in [0.15, 0.2) is 0 Å². The van der Waals surface area contributed by atoms with Gasteiger partial charge in [-0.15, -0.1) is 0 Å². The molecule has 2 rings (SSSR count). The van der Waals surface area contributed by atoms with E-state index in [1.54, 1.807) is 0 Å². The van der Waals surface area contributed by atoms with Gasteiger partial charge in [0.2, 0.25) is 5.91 Å². The van der Waals surface area contributed by atoms with E-state index < -0.39 is 12.0 Å². The second kappa shape index (κ2) is 9.21. The van der Waals surface area contributed by atoms with Crippen molar-refractivity contribution in [1.82, 2.24) is 5.32 Å². The molecule has 2 aromatic rings. The maximum Gasteiger partial charge on any atom is 0.326 e. The zero-order valence-corrected chi connectivity index (χ0v) is 15.0. The van der Waals surface area contributed by atoms with Crippen LogP contribution in [0.5, 0.6) is 0 Å². The standard InChI is InChI=1S/C21H27NO3/c1-3-8-16(9-4-2)20(23)22-19(21(24)25)14-17-12-7-11-15-10-5-6-13-18(15)17/h5-7,10-13,16,19H,3-4,8-9,14H2,1-2H3,(H,22,23)(H,24,25)/t19-/m0/s1. The topological polar surface area (TPSA) is 66.4 Å². The first kappa shape index (κ1) is 19.0. The van der Waals surface area contributed by atoms with E-state index in [9.17, 15) is 14.7 Å². The Morgan fingerprint density at radius 1 is 1.00 bits per heavy atom. The van der Waals surface area contributed by atoms with Crippen molar-refractivity contribution in [2.45, 2.75) is 52.0 Å². The minimum atomic E-state index is -0.993. The van der Waals surface area contributed by atoms with E-state index in [-0.39, 0.29) is 18.2 Å². The molecule has 0 radical (unpaired) electrons. The van der Waals surface area contributed by atoms with E-state index >= 15 is 0 Å². The number of fused-ring (bicyclic) bond motifs is 1. The summed E-state index contributed by atoms with van der Waals surface area (Å²) < 4.78 is 0. The van der Waals surface area contributed by atoms with Crippen molar-refractivity contribution >= 4 is 22.6 Å². The number of benzene rings is 2. The number of amides is 1. The number of hydrogen-bond acceptors (Lipinski definition) is 2. The van der Waals surface area contributed by atoms with Crippen LogP contribution < -0.4 is 5.32 Å². The first-order chi connectivity index (χ1) is 12.1. The van der Waals surface area contributed by atoms with Crippen LogP contribution in [0.4, 0.5) is 0 Å². The summed E-state index contributed by atoms with van der Waals surface area (Å²) in [4.78, 5) is 24.2. The van der Waals surface area contributed by atoms with Crippen molar-refractivity contribution < 1.29 is 14.7 Å². The first-order valence-electron chi connectivity index (χ1n) is 9.06. The predicted molar refractivity (Wildman–Crippen MR) is 101 cm³/mol. The Labute approximate surface area is 149 Å². The summed E-state index contributed by atoms with van der Waals surface area (Å²) in [6, 6.07) is 12.9. The minimum Gasteiger partial charge on any atom is -0.480 e. The second-order valence-corrected chi connectivity index (χ2v) is 6.52. The molecule has 0 aliphatic heterocycles. The summed E-state index contributed by atoms with van der Waals surface area (Å²) in [6.07, 6.45) is 3.70. The molecule has 0 aliphatic carbocycles. The number of carboxylic acids is 1. The average Bonchev–Trinajstić information content (AvgIpc) is 2.61. The molecule has 4 heteroatoms. The van der Waals surface area contributed by atoms with Gasteiger partial charge < -0.3 is 10.4 Å². The van der Waals surface area contributed by atoms with E-state index in [0.29, 0.717) is 0 Å². The third-order valence-corrected chi connectivity index (χ3v) is 4.56. The van der Waals surface area contributed by atoms with Crippen LogP contribution in [0.2, 0.25) is 0 Å². The lowest BCUT2D eigenvalue weighted by Gasteiger charge is -2.20. The molecular weight excluding hydrogens is 314 g/mol. The highest BCUT2D eigenvalue weighted by molar-refractivity contribution is 5.88. The lowest BCUT2D eigenvalue weighted by molar-refractivity contribution is -0.142. The van der Waals surface area contributed by atoms with Crippen LogP contribution in [0.1, 0.15) is 45.1 Å². The van der Waals surface area contributed by atoms with Crippen LogP contribution in [-0.2, 0) is 16.0 Å². The quantitative estimate of drug-likeness (QED) is 0.719. The highest BCUT2D eigenvalue weighted by Crippen LogP contribution is 2.20. The Morgan fingerprint density at radius 2 is 1.64 bits per heavy atom. The Hall–Kier alpha value is -2.36. The summed E-state index contributed by atoms with van der Waals surface area (Å²) in [7, 11) is 0. The van der Waals surface area contributed by atoms with Gasteiger partial charge in [0.1, 0.15) is 6.04 Å². The van der Waals surface area contributed by atoms with Crippen molar-refractivity contribution in [1.29, 1.82) is 0 Å². The van der Waals surface area contributed by atoms with Gasteiger partial charge in [0.05, 0.1) is 0 Å². The Morgan fingerprint density at radius 3 is 2.28 bits per heavy atom. The summed E-state index contributed by atoms with van der Waals surface area (Å²) in [5.74, 6) is -1.24. The van der Waals surface area contributed by atoms with Crippen molar-refractivity contribution in [3.63, 3.8) is 0 Å². The Bertz CT molecular complexity index is 715. The molecule has 0 heterocycles. The molecule has 1 atom stereocenters. The van der Waals surface area contributed by atoms with Crippen LogP contribution in [0, 0.1) is 5.92 Å². The number of carbonyl (C=O) groups excluding carboxylic acids is 1. The fraction of sp³-hybridized carbons (Fsp3) is 0.429. The van der Waals surface area contributed by atoms with Gasteiger partial charge in [0, 0.05) is 12.3 Å². The normalized spacial score (nSPS) is 12.3. The Kier molecular flexibility index (Phi) is 6.99. The van der Waals surface area contributed by atoms with Crippen molar-refractivity contribution in [2.24, 2.45) is 5.92 Å². The second-order valence-electron chi connectivity index (χ2n) is 6.52. The van der Waals surface area contributed by atoms with E-state index in [2.05, 4.69) is 5.32 Å².